The summed E-state index contributed by atoms with van der Waals surface area (Å²) in [4.78, 5) is 14.4. The molecule has 0 bridgehead atoms. The maximum atomic E-state index is 12.9. The fourth-order valence-electron chi connectivity index (χ4n) is 3.44. The number of rotatable bonds is 6. The van der Waals surface area contributed by atoms with Gasteiger partial charge in [-0.25, -0.2) is 4.39 Å². The summed E-state index contributed by atoms with van der Waals surface area (Å²) in [6.45, 7) is 2.41. The second-order valence-electron chi connectivity index (χ2n) is 6.91. The topological polar surface area (TPSA) is 40.5 Å². The number of hydrogen-bond acceptors (Lipinski definition) is 3. The van der Waals surface area contributed by atoms with E-state index in [1.54, 1.807) is 0 Å². The highest BCUT2D eigenvalue weighted by Crippen LogP contribution is 2.33. The number of carbonyl (C=O) groups is 1. The van der Waals surface area contributed by atoms with Crippen molar-refractivity contribution in [3.8, 4) is 0 Å². The molecule has 3 rings (SSSR count). The number of nitrogens with zero attached hydrogens (tertiary/aromatic N) is 1. The summed E-state index contributed by atoms with van der Waals surface area (Å²) in [5, 5.41) is 11.5. The smallest absolute Gasteiger partial charge is 0.162 e. The van der Waals surface area contributed by atoms with Crippen molar-refractivity contribution in [3.63, 3.8) is 0 Å². The molecule has 0 spiro atoms. The number of halogens is 2. The molecule has 1 aliphatic heterocycles. The molecule has 1 heterocycles. The summed E-state index contributed by atoms with van der Waals surface area (Å²) in [6, 6.07) is 13.1. The monoisotopic (exact) mass is 381 g/mol. The third-order valence-electron chi connectivity index (χ3n) is 5.11. The average Bonchev–Trinajstić information content (AvgIpc) is 2.64. The van der Waals surface area contributed by atoms with Crippen LogP contribution in [0, 0.1) is 5.82 Å². The van der Waals surface area contributed by atoms with Crippen molar-refractivity contribution in [2.24, 2.45) is 0 Å². The van der Waals surface area contributed by atoms with E-state index in [-0.39, 0.29) is 11.6 Å². The molecular formula is C21H23ClFNO2. The lowest BCUT2D eigenvalue weighted by atomic mass is 9.84. The summed E-state index contributed by atoms with van der Waals surface area (Å²) in [6.07, 6.45) is 2.54. The molecule has 138 valence electrons. The summed E-state index contributed by atoms with van der Waals surface area (Å²) in [5.74, 6) is -0.289. The van der Waals surface area contributed by atoms with Gasteiger partial charge < -0.3 is 10.0 Å². The van der Waals surface area contributed by atoms with Crippen LogP contribution in [0.25, 0.3) is 0 Å². The SMILES string of the molecule is O=C(CCCN1CCC(O)(c2ccc(Cl)cc2)CC1)[13c]1[13cH][13cH][13c](F)[13cH][13cH]1. The van der Waals surface area contributed by atoms with E-state index < -0.39 is 5.60 Å². The average molecular weight is 382 g/mol. The first-order valence-electron chi connectivity index (χ1n) is 8.96. The minimum Gasteiger partial charge on any atom is -0.385 e. The van der Waals surface area contributed by atoms with Gasteiger partial charge in [-0.05, 0) is 67.8 Å². The zero-order chi connectivity index (χ0) is 18.6. The largest absolute Gasteiger partial charge is 0.385 e. The third kappa shape index (κ3) is 4.70. The van der Waals surface area contributed by atoms with Crippen LogP contribution in [0.2, 0.25) is 5.02 Å². The first kappa shape index (κ1) is 19.0. The van der Waals surface area contributed by atoms with E-state index in [9.17, 15) is 14.3 Å². The van der Waals surface area contributed by atoms with E-state index in [0.29, 0.717) is 29.8 Å². The maximum Gasteiger partial charge on any atom is 0.162 e. The molecule has 1 saturated heterocycles. The Morgan fingerprint density at radius 2 is 1.69 bits per heavy atom. The van der Waals surface area contributed by atoms with Crippen LogP contribution in [0.4, 0.5) is 4.39 Å². The van der Waals surface area contributed by atoms with Gasteiger partial charge >= 0.3 is 0 Å². The molecule has 26 heavy (non-hydrogen) atoms. The van der Waals surface area contributed by atoms with Crippen LogP contribution in [0.15, 0.2) is 48.5 Å². The van der Waals surface area contributed by atoms with Crippen molar-refractivity contribution in [2.75, 3.05) is 19.6 Å². The normalized spacial score (nSPS) is 17.2. The third-order valence-corrected chi connectivity index (χ3v) is 5.36. The molecule has 0 amide bonds. The number of hydrogen-bond donors (Lipinski definition) is 1. The lowest BCUT2D eigenvalue weighted by molar-refractivity contribution is -0.0260. The highest BCUT2D eigenvalue weighted by molar-refractivity contribution is 6.30. The molecule has 1 fully saturated rings. The first-order valence-corrected chi connectivity index (χ1v) is 9.34. The van der Waals surface area contributed by atoms with Crippen LogP contribution in [-0.4, -0.2) is 35.4 Å². The summed E-state index contributed by atoms with van der Waals surface area (Å²) >= 11 is 5.92. The molecule has 0 aliphatic carbocycles. The Bertz CT molecular complexity index is 738. The van der Waals surface area contributed by atoms with E-state index in [1.807, 2.05) is 24.3 Å². The van der Waals surface area contributed by atoms with Gasteiger partial charge in [-0.15, -0.1) is 0 Å². The number of piperidine rings is 1. The van der Waals surface area contributed by atoms with Crippen molar-refractivity contribution < 1.29 is 14.3 Å². The Balaban J connectivity index is 1.44. The van der Waals surface area contributed by atoms with Gasteiger partial charge in [-0.1, -0.05) is 23.7 Å². The Hall–Kier alpha value is -1.75. The van der Waals surface area contributed by atoms with Crippen molar-refractivity contribution in [3.05, 3.63) is 70.5 Å². The van der Waals surface area contributed by atoms with Crippen molar-refractivity contribution in [1.82, 2.24) is 4.90 Å². The fraction of sp³-hybridized carbons (Fsp3) is 0.381. The fourth-order valence-corrected chi connectivity index (χ4v) is 3.56. The van der Waals surface area contributed by atoms with E-state index in [2.05, 4.69) is 4.90 Å². The highest BCUT2D eigenvalue weighted by Gasteiger charge is 2.33. The van der Waals surface area contributed by atoms with Gasteiger partial charge in [-0.3, -0.25) is 4.79 Å². The van der Waals surface area contributed by atoms with Crippen molar-refractivity contribution in [2.45, 2.75) is 31.3 Å². The molecule has 0 aromatic heterocycles. The van der Waals surface area contributed by atoms with Gasteiger partial charge in [0, 0.05) is 30.1 Å². The van der Waals surface area contributed by atoms with Gasteiger partial charge in [0.2, 0.25) is 0 Å². The predicted molar refractivity (Wildman–Crippen MR) is 101 cm³/mol. The molecule has 1 aliphatic rings. The Labute approximate surface area is 158 Å². The second kappa shape index (κ2) is 8.30. The van der Waals surface area contributed by atoms with Crippen LogP contribution in [0.5, 0.6) is 0 Å². The predicted octanol–water partition coefficient (Wildman–Crippen LogP) is 4.43. The number of benzene rings is 2. The van der Waals surface area contributed by atoms with E-state index >= 15 is 0 Å². The molecule has 2 aromatic rings. The number of ketones is 1. The van der Waals surface area contributed by atoms with Gasteiger partial charge in [0.1, 0.15) is 5.82 Å². The standard InChI is InChI=1S/C21H23ClFNO2/c22-18-7-5-17(6-8-18)21(26)11-14-24(15-12-21)13-1-2-20(25)16-3-9-19(23)10-4-16/h3-10,26H,1-2,11-15H2/i3+1,4+1,9+1,10+1,16+1,19+1. The number of Topliss-reactive ketones (excluding diaryl/α,β-unsaturated/α-hetero) is 1. The molecule has 0 saturated carbocycles. The Morgan fingerprint density at radius 1 is 1.08 bits per heavy atom. The summed E-state index contributed by atoms with van der Waals surface area (Å²) in [7, 11) is 0. The molecule has 0 unspecified atom stereocenters. The van der Waals surface area contributed by atoms with Gasteiger partial charge in [0.25, 0.3) is 0 Å². The van der Waals surface area contributed by atoms with Crippen molar-refractivity contribution in [1.29, 1.82) is 0 Å². The lowest BCUT2D eigenvalue weighted by Gasteiger charge is -2.38. The molecule has 0 atom stereocenters. The quantitative estimate of drug-likeness (QED) is 0.753. The highest BCUT2D eigenvalue weighted by atomic mass is 35.5. The Morgan fingerprint density at radius 3 is 2.31 bits per heavy atom. The molecule has 3 nitrogen and oxygen atoms in total. The zero-order valence-corrected chi connectivity index (χ0v) is 15.4. The van der Waals surface area contributed by atoms with Crippen LogP contribution in [0.3, 0.4) is 0 Å². The first-order chi connectivity index (χ1) is 12.5. The van der Waals surface area contributed by atoms with Crippen molar-refractivity contribution >= 4 is 17.4 Å². The molecule has 0 radical (unpaired) electrons. The zero-order valence-electron chi connectivity index (χ0n) is 14.6. The number of carbonyl (C=O) groups excluding carboxylic acids is 1. The van der Waals surface area contributed by atoms with Crippen LogP contribution in [-0.2, 0) is 5.60 Å². The van der Waals surface area contributed by atoms with E-state index in [0.717, 1.165) is 31.6 Å². The summed E-state index contributed by atoms with van der Waals surface area (Å²) in [5.41, 5.74) is 0.667. The number of likely N-dealkylation sites (tertiary alicyclic amines) is 1. The molecular weight excluding hydrogens is 359 g/mol. The second-order valence-corrected chi connectivity index (χ2v) is 7.35. The van der Waals surface area contributed by atoms with Crippen LogP contribution >= 0.6 is 11.6 Å². The van der Waals surface area contributed by atoms with Crippen LogP contribution in [0.1, 0.15) is 41.6 Å². The minimum atomic E-state index is -0.801. The molecule has 5 heteroatoms. The Kier molecular flexibility index (Phi) is 6.07. The number of aliphatic hydroxyl groups is 1. The lowest BCUT2D eigenvalue weighted by Crippen LogP contribution is -2.42. The van der Waals surface area contributed by atoms with Gasteiger partial charge in [0.05, 0.1) is 5.60 Å². The van der Waals surface area contributed by atoms with Gasteiger partial charge in [-0.2, -0.15) is 0 Å². The summed E-state index contributed by atoms with van der Waals surface area (Å²) < 4.78 is 12.9. The van der Waals surface area contributed by atoms with E-state index in [4.69, 9.17) is 11.6 Å². The van der Waals surface area contributed by atoms with E-state index in [1.165, 1.54) is 24.3 Å². The maximum absolute atomic E-state index is 12.9. The molecule has 1 N–H and O–H groups in total. The van der Waals surface area contributed by atoms with Gasteiger partial charge in [0.15, 0.2) is 5.78 Å². The minimum absolute atomic E-state index is 0.0414. The van der Waals surface area contributed by atoms with Crippen LogP contribution < -0.4 is 0 Å². The molecule has 2 aromatic carbocycles.